The van der Waals surface area contributed by atoms with Crippen LogP contribution >= 0.6 is 0 Å². The van der Waals surface area contributed by atoms with Crippen molar-refractivity contribution in [3.63, 3.8) is 0 Å². The van der Waals surface area contributed by atoms with Gasteiger partial charge in [0.2, 0.25) is 0 Å². The highest BCUT2D eigenvalue weighted by Gasteiger charge is 1.99. The van der Waals surface area contributed by atoms with Crippen molar-refractivity contribution in [1.82, 2.24) is 40.1 Å². The minimum Gasteiger partial charge on any atom is -0.261 e. The van der Waals surface area contributed by atoms with E-state index in [1.807, 2.05) is 84.3 Å². The zero-order chi connectivity index (χ0) is 34.3. The Labute approximate surface area is 278 Å². The summed E-state index contributed by atoms with van der Waals surface area (Å²) in [6.45, 7) is 20.2. The summed E-state index contributed by atoms with van der Waals surface area (Å²) in [4.78, 5) is 25.0. The Morgan fingerprint density at radius 3 is 1.40 bits per heavy atom. The van der Waals surface area contributed by atoms with Crippen LogP contribution in [0.2, 0.25) is 0 Å². The number of H-pyrrole nitrogens is 1. The zero-order valence-electron chi connectivity index (χ0n) is 29.3. The van der Waals surface area contributed by atoms with E-state index in [-0.39, 0.29) is 0 Å². The molecular weight excluding hydrogens is 580 g/mol. The molecule has 8 nitrogen and oxygen atoms in total. The van der Waals surface area contributed by atoms with Crippen LogP contribution in [0.4, 0.5) is 0 Å². The van der Waals surface area contributed by atoms with Crippen LogP contribution in [0.15, 0.2) is 91.6 Å². The largest absolute Gasteiger partial charge is 0.261 e. The maximum absolute atomic E-state index is 4.48. The third-order valence-corrected chi connectivity index (χ3v) is 7.71. The monoisotopic (exact) mass is 626 g/mol. The van der Waals surface area contributed by atoms with Gasteiger partial charge in [-0.05, 0) is 122 Å². The third-order valence-electron chi connectivity index (χ3n) is 7.71. The molecular formula is C39H46N8. The fourth-order valence-corrected chi connectivity index (χ4v) is 4.00. The molecule has 6 aromatic heterocycles. The smallest absolute Gasteiger partial charge is 0.155 e. The van der Waals surface area contributed by atoms with E-state index in [9.17, 15) is 0 Å². The van der Waals surface area contributed by atoms with Gasteiger partial charge in [0.1, 0.15) is 0 Å². The second kappa shape index (κ2) is 17.9. The van der Waals surface area contributed by atoms with Gasteiger partial charge in [-0.15, -0.1) is 0 Å². The molecule has 0 aliphatic carbocycles. The van der Waals surface area contributed by atoms with E-state index in [1.54, 1.807) is 18.6 Å². The second-order valence-electron chi connectivity index (χ2n) is 11.3. The van der Waals surface area contributed by atoms with Gasteiger partial charge in [-0.25, -0.2) is 4.98 Å². The summed E-state index contributed by atoms with van der Waals surface area (Å²) in [6, 6.07) is 20.5. The Hall–Kier alpha value is -5.37. The summed E-state index contributed by atoms with van der Waals surface area (Å²) in [6.07, 6.45) is 8.80. The molecule has 1 N–H and O–H groups in total. The number of hydrogen-bond acceptors (Lipinski definition) is 7. The average molecular weight is 627 g/mol. The molecule has 47 heavy (non-hydrogen) atoms. The van der Waals surface area contributed by atoms with Crippen LogP contribution < -0.4 is 0 Å². The van der Waals surface area contributed by atoms with Gasteiger partial charge < -0.3 is 0 Å². The Kier molecular flexibility index (Phi) is 13.8. The zero-order valence-corrected chi connectivity index (χ0v) is 29.3. The lowest BCUT2D eigenvalue weighted by Gasteiger charge is -2.01. The summed E-state index contributed by atoms with van der Waals surface area (Å²) in [7, 11) is 0. The van der Waals surface area contributed by atoms with Crippen molar-refractivity contribution >= 4 is 21.9 Å². The van der Waals surface area contributed by atoms with E-state index >= 15 is 0 Å². The van der Waals surface area contributed by atoms with Crippen LogP contribution in [0, 0.1) is 69.2 Å². The van der Waals surface area contributed by atoms with Crippen molar-refractivity contribution in [3.05, 3.63) is 148 Å². The minimum absolute atomic E-state index is 0.869. The molecule has 7 aromatic rings. The number of rotatable bonds is 0. The molecule has 0 amide bonds. The van der Waals surface area contributed by atoms with E-state index in [1.165, 1.54) is 27.6 Å². The van der Waals surface area contributed by atoms with Gasteiger partial charge in [0.25, 0.3) is 0 Å². The first-order valence-electron chi connectivity index (χ1n) is 15.6. The Balaban J connectivity index is 0.000000162. The maximum Gasteiger partial charge on any atom is 0.155 e. The molecule has 0 saturated heterocycles. The number of fused-ring (bicyclic) bond motifs is 2. The van der Waals surface area contributed by atoms with Crippen molar-refractivity contribution in [2.75, 3.05) is 0 Å². The van der Waals surface area contributed by atoms with Gasteiger partial charge in [-0.1, -0.05) is 30.3 Å². The van der Waals surface area contributed by atoms with Gasteiger partial charge in [0.05, 0.1) is 23.1 Å². The summed E-state index contributed by atoms with van der Waals surface area (Å²) in [5.74, 6) is 0. The maximum atomic E-state index is 4.48. The first kappa shape index (κ1) is 36.1. The highest BCUT2D eigenvalue weighted by molar-refractivity contribution is 5.79. The number of para-hydroxylation sites is 1. The molecule has 0 radical (unpaired) electrons. The van der Waals surface area contributed by atoms with E-state index in [2.05, 4.69) is 98.1 Å². The Morgan fingerprint density at radius 1 is 0.426 bits per heavy atom. The molecule has 0 unspecified atom stereocenters. The van der Waals surface area contributed by atoms with Crippen LogP contribution in [0.25, 0.3) is 21.9 Å². The van der Waals surface area contributed by atoms with Crippen LogP contribution in [-0.2, 0) is 0 Å². The predicted molar refractivity (Wildman–Crippen MR) is 194 cm³/mol. The average Bonchev–Trinajstić information content (AvgIpc) is 3.50. The minimum atomic E-state index is 0.869. The van der Waals surface area contributed by atoms with Crippen LogP contribution in [0.5, 0.6) is 0 Å². The lowest BCUT2D eigenvalue weighted by molar-refractivity contribution is 1.05. The molecule has 1 aromatic carbocycles. The first-order chi connectivity index (χ1) is 22.5. The van der Waals surface area contributed by atoms with Gasteiger partial charge in [-0.2, -0.15) is 5.10 Å². The van der Waals surface area contributed by atoms with Crippen LogP contribution in [0.3, 0.4) is 0 Å². The molecule has 0 bridgehead atoms. The normalized spacial score (nSPS) is 9.91. The number of nitrogens with zero attached hydrogens (tertiary/aromatic N) is 7. The van der Waals surface area contributed by atoms with E-state index in [0.29, 0.717) is 0 Å². The Morgan fingerprint density at radius 2 is 0.915 bits per heavy atom. The number of aromatic amines is 1. The van der Waals surface area contributed by atoms with Crippen molar-refractivity contribution in [2.24, 2.45) is 0 Å². The number of hydrogen-bond donors (Lipinski definition) is 1. The molecule has 242 valence electrons. The molecule has 0 fully saturated rings. The highest BCUT2D eigenvalue weighted by atomic mass is 15.1. The first-order valence-corrected chi connectivity index (χ1v) is 15.6. The van der Waals surface area contributed by atoms with Gasteiger partial charge >= 0.3 is 0 Å². The summed E-state index contributed by atoms with van der Waals surface area (Å²) < 4.78 is 0. The van der Waals surface area contributed by atoms with Crippen molar-refractivity contribution in [2.45, 2.75) is 69.2 Å². The molecule has 0 saturated carbocycles. The molecule has 0 atom stereocenters. The predicted octanol–water partition coefficient (Wildman–Crippen LogP) is 8.92. The number of benzene rings is 1. The molecule has 8 heteroatoms. The number of aryl methyl sites for hydroxylation is 10. The van der Waals surface area contributed by atoms with Gasteiger partial charge in [0, 0.05) is 58.3 Å². The van der Waals surface area contributed by atoms with Crippen LogP contribution in [-0.4, -0.2) is 40.1 Å². The number of nitrogens with one attached hydrogen (secondary N) is 1. The SMILES string of the molecule is Cc1cc2ccccc2nc1C.Cc1cc2cn[nH]c2nc1C.Cc1cccnc1C.Cc1cccnc1C.Cc1nccnc1C. The van der Waals surface area contributed by atoms with Crippen molar-refractivity contribution in [3.8, 4) is 0 Å². The van der Waals surface area contributed by atoms with E-state index in [4.69, 9.17) is 0 Å². The number of pyridine rings is 4. The summed E-state index contributed by atoms with van der Waals surface area (Å²) >= 11 is 0. The standard InChI is InChI=1S/C11H11N.C8H9N3.2C7H9N.C6H8N2/c1-8-7-10-5-3-4-6-11(10)12-9(8)2;1-5-3-7-4-9-11-8(7)10-6(5)2;2*1-6-4-3-5-8-7(6)2;1-5-6(2)8-4-3-7-5/h3-7H,1-2H3;3-4H,1-2H3,(H,9,10,11);2*3-5H,1-2H3;3-4H,1-2H3. The lowest BCUT2D eigenvalue weighted by atomic mass is 10.1. The second-order valence-corrected chi connectivity index (χ2v) is 11.3. The Bertz CT molecular complexity index is 1770. The topological polar surface area (TPSA) is 106 Å². The molecule has 0 aliphatic heterocycles. The van der Waals surface area contributed by atoms with Gasteiger partial charge in [0.15, 0.2) is 5.65 Å². The fourth-order valence-electron chi connectivity index (χ4n) is 4.00. The third kappa shape index (κ3) is 11.5. The summed E-state index contributed by atoms with van der Waals surface area (Å²) in [5, 5.41) is 9.02. The van der Waals surface area contributed by atoms with Crippen LogP contribution in [0.1, 0.15) is 56.4 Å². The molecule has 6 heterocycles. The van der Waals surface area contributed by atoms with Crippen molar-refractivity contribution in [1.29, 1.82) is 0 Å². The quantitative estimate of drug-likeness (QED) is 0.179. The molecule has 0 aliphatic rings. The fraction of sp³-hybridized carbons (Fsp3) is 0.256. The highest BCUT2D eigenvalue weighted by Crippen LogP contribution is 2.15. The lowest BCUT2D eigenvalue weighted by Crippen LogP contribution is -1.87. The number of aromatic nitrogens is 8. The molecule has 0 spiro atoms. The molecule has 7 rings (SSSR count). The van der Waals surface area contributed by atoms with E-state index < -0.39 is 0 Å². The van der Waals surface area contributed by atoms with E-state index in [0.717, 1.165) is 50.7 Å². The van der Waals surface area contributed by atoms with Gasteiger partial charge in [-0.3, -0.25) is 30.0 Å². The van der Waals surface area contributed by atoms with Crippen molar-refractivity contribution < 1.29 is 0 Å². The summed E-state index contributed by atoms with van der Waals surface area (Å²) in [5.41, 5.74) is 13.4.